The van der Waals surface area contributed by atoms with Gasteiger partial charge in [0.25, 0.3) is 0 Å². The average molecular weight is 279 g/mol. The van der Waals surface area contributed by atoms with Crippen molar-refractivity contribution in [2.24, 2.45) is 17.8 Å². The van der Waals surface area contributed by atoms with E-state index in [0.29, 0.717) is 12.8 Å². The van der Waals surface area contributed by atoms with Crippen molar-refractivity contribution in [3.8, 4) is 0 Å². The van der Waals surface area contributed by atoms with Gasteiger partial charge in [0.05, 0.1) is 11.8 Å². The van der Waals surface area contributed by atoms with Crippen LogP contribution >= 0.6 is 0 Å². The van der Waals surface area contributed by atoms with Gasteiger partial charge in [0.1, 0.15) is 6.04 Å². The van der Waals surface area contributed by atoms with Gasteiger partial charge < -0.3 is 10.4 Å². The number of hydrogen-bond donors (Lipinski definition) is 2. The van der Waals surface area contributed by atoms with Crippen LogP contribution in [0, 0.1) is 17.8 Å². The van der Waals surface area contributed by atoms with Crippen molar-refractivity contribution in [2.75, 3.05) is 0 Å². The Bertz CT molecular complexity index is 377. The molecule has 2 saturated carbocycles. The number of carbonyl (C=O) groups excluding carboxylic acids is 1. The van der Waals surface area contributed by atoms with Gasteiger partial charge in [-0.3, -0.25) is 9.59 Å². The van der Waals surface area contributed by atoms with Gasteiger partial charge in [-0.25, -0.2) is 0 Å². The molecule has 0 aromatic carbocycles. The SMILES string of the molecule is O=C(N[C@@H](C1CCCC1)C(F)(F)F)[C@H]1C[C@H]1C(=O)O. The molecule has 0 saturated heterocycles. The predicted molar refractivity (Wildman–Crippen MR) is 59.2 cm³/mol. The predicted octanol–water partition coefficient (Wildman–Crippen LogP) is 1.94. The standard InChI is InChI=1S/C12H16F3NO3/c13-12(14,15)9(6-3-1-2-4-6)16-10(17)7-5-8(7)11(18)19/h6-9H,1-5H2,(H,16,17)(H,18,19)/t7-,8+,9-/m0/s1. The molecule has 4 nitrogen and oxygen atoms in total. The van der Waals surface area contributed by atoms with E-state index in [-0.39, 0.29) is 6.42 Å². The Morgan fingerprint density at radius 3 is 2.16 bits per heavy atom. The third kappa shape index (κ3) is 3.19. The van der Waals surface area contributed by atoms with Crippen LogP contribution in [0.1, 0.15) is 32.1 Å². The number of rotatable bonds is 4. The lowest BCUT2D eigenvalue weighted by Gasteiger charge is -2.27. The molecule has 1 amide bonds. The summed E-state index contributed by atoms with van der Waals surface area (Å²) in [5.41, 5.74) is 0. The highest BCUT2D eigenvalue weighted by atomic mass is 19.4. The molecular weight excluding hydrogens is 263 g/mol. The van der Waals surface area contributed by atoms with Gasteiger partial charge in [-0.1, -0.05) is 12.8 Å². The first-order chi connectivity index (χ1) is 8.80. The van der Waals surface area contributed by atoms with E-state index in [2.05, 4.69) is 0 Å². The van der Waals surface area contributed by atoms with Gasteiger partial charge in [0.2, 0.25) is 5.91 Å². The van der Waals surface area contributed by atoms with Crippen molar-refractivity contribution in [3.05, 3.63) is 0 Å². The first kappa shape index (κ1) is 14.1. The molecule has 0 aromatic heterocycles. The van der Waals surface area contributed by atoms with Crippen LogP contribution in [0.25, 0.3) is 0 Å². The molecule has 3 atom stereocenters. The maximum atomic E-state index is 12.9. The van der Waals surface area contributed by atoms with Crippen LogP contribution in [0.15, 0.2) is 0 Å². The molecule has 0 aromatic rings. The van der Waals surface area contributed by atoms with Gasteiger partial charge in [0, 0.05) is 0 Å². The second-order valence-electron chi connectivity index (χ2n) is 5.36. The summed E-state index contributed by atoms with van der Waals surface area (Å²) >= 11 is 0. The quantitative estimate of drug-likeness (QED) is 0.826. The third-order valence-corrected chi connectivity index (χ3v) is 3.97. The fourth-order valence-corrected chi connectivity index (χ4v) is 2.78. The second kappa shape index (κ2) is 5.02. The summed E-state index contributed by atoms with van der Waals surface area (Å²) in [6, 6.07) is -1.84. The van der Waals surface area contributed by atoms with Crippen molar-refractivity contribution < 1.29 is 27.9 Å². The van der Waals surface area contributed by atoms with Crippen molar-refractivity contribution in [3.63, 3.8) is 0 Å². The number of carbonyl (C=O) groups is 2. The number of nitrogens with one attached hydrogen (secondary N) is 1. The molecule has 108 valence electrons. The zero-order valence-electron chi connectivity index (χ0n) is 10.2. The molecule has 19 heavy (non-hydrogen) atoms. The molecule has 2 N–H and O–H groups in total. The fourth-order valence-electron chi connectivity index (χ4n) is 2.78. The minimum Gasteiger partial charge on any atom is -0.481 e. The first-order valence-electron chi connectivity index (χ1n) is 6.40. The van der Waals surface area contributed by atoms with Crippen LogP contribution in [0.3, 0.4) is 0 Å². The van der Waals surface area contributed by atoms with Gasteiger partial charge in [-0.05, 0) is 25.2 Å². The van der Waals surface area contributed by atoms with E-state index in [4.69, 9.17) is 5.11 Å². The molecular formula is C12H16F3NO3. The van der Waals surface area contributed by atoms with Gasteiger partial charge >= 0.3 is 12.1 Å². The summed E-state index contributed by atoms with van der Waals surface area (Å²) in [6.45, 7) is 0. The largest absolute Gasteiger partial charge is 0.481 e. The van der Waals surface area contributed by atoms with Gasteiger partial charge in [0.15, 0.2) is 0 Å². The molecule has 0 unspecified atom stereocenters. The maximum Gasteiger partial charge on any atom is 0.408 e. The lowest BCUT2D eigenvalue weighted by Crippen LogP contribution is -2.50. The summed E-state index contributed by atoms with van der Waals surface area (Å²) < 4.78 is 38.8. The lowest BCUT2D eigenvalue weighted by atomic mass is 9.97. The zero-order valence-corrected chi connectivity index (χ0v) is 10.2. The highest BCUT2D eigenvalue weighted by Crippen LogP contribution is 2.40. The monoisotopic (exact) mass is 279 g/mol. The summed E-state index contributed by atoms with van der Waals surface area (Å²) in [6.07, 6.45) is -1.94. The van der Waals surface area contributed by atoms with Crippen LogP contribution in [-0.2, 0) is 9.59 Å². The molecule has 0 bridgehead atoms. The number of amides is 1. The molecule has 2 aliphatic carbocycles. The number of alkyl halides is 3. The molecule has 0 aliphatic heterocycles. The number of halogens is 3. The smallest absolute Gasteiger partial charge is 0.408 e. The number of carboxylic acids is 1. The Labute approximate surface area is 108 Å². The summed E-state index contributed by atoms with van der Waals surface area (Å²) in [4.78, 5) is 22.3. The number of carboxylic acid groups (broad SMARTS) is 1. The van der Waals surface area contributed by atoms with E-state index >= 15 is 0 Å². The van der Waals surface area contributed by atoms with E-state index in [9.17, 15) is 22.8 Å². The van der Waals surface area contributed by atoms with Crippen molar-refractivity contribution in [2.45, 2.75) is 44.3 Å². The van der Waals surface area contributed by atoms with E-state index < -0.39 is 41.8 Å². The molecule has 7 heteroatoms. The molecule has 2 rings (SSSR count). The highest BCUT2D eigenvalue weighted by molar-refractivity contribution is 5.89. The topological polar surface area (TPSA) is 66.4 Å². The number of hydrogen-bond acceptors (Lipinski definition) is 2. The van der Waals surface area contributed by atoms with Crippen molar-refractivity contribution in [1.29, 1.82) is 0 Å². The average Bonchev–Trinajstić information content (AvgIpc) is 2.93. The summed E-state index contributed by atoms with van der Waals surface area (Å²) in [5.74, 6) is -4.10. The maximum absolute atomic E-state index is 12.9. The van der Waals surface area contributed by atoms with Crippen LogP contribution in [0.4, 0.5) is 13.2 Å². The van der Waals surface area contributed by atoms with Gasteiger partial charge in [-0.2, -0.15) is 13.2 Å². The molecule has 2 aliphatic rings. The van der Waals surface area contributed by atoms with E-state index in [1.54, 1.807) is 0 Å². The second-order valence-corrected chi connectivity index (χ2v) is 5.36. The van der Waals surface area contributed by atoms with Gasteiger partial charge in [-0.15, -0.1) is 0 Å². The van der Waals surface area contributed by atoms with Crippen molar-refractivity contribution in [1.82, 2.24) is 5.32 Å². The molecule has 0 radical (unpaired) electrons. The van der Waals surface area contributed by atoms with Crippen molar-refractivity contribution >= 4 is 11.9 Å². The van der Waals surface area contributed by atoms with Crippen LogP contribution in [0.2, 0.25) is 0 Å². The zero-order chi connectivity index (χ0) is 14.2. The summed E-state index contributed by atoms with van der Waals surface area (Å²) in [7, 11) is 0. The Morgan fingerprint density at radius 1 is 1.16 bits per heavy atom. The number of aliphatic carboxylic acids is 1. The molecule has 0 heterocycles. The Morgan fingerprint density at radius 2 is 1.74 bits per heavy atom. The highest BCUT2D eigenvalue weighted by Gasteiger charge is 2.52. The van der Waals surface area contributed by atoms with E-state index in [0.717, 1.165) is 12.8 Å². The fraction of sp³-hybridized carbons (Fsp3) is 0.833. The third-order valence-electron chi connectivity index (χ3n) is 3.97. The van der Waals surface area contributed by atoms with Crippen LogP contribution in [-0.4, -0.2) is 29.2 Å². The van der Waals surface area contributed by atoms with Crippen LogP contribution in [0.5, 0.6) is 0 Å². The minimum atomic E-state index is -4.47. The van der Waals surface area contributed by atoms with E-state index in [1.165, 1.54) is 0 Å². The van der Waals surface area contributed by atoms with E-state index in [1.807, 2.05) is 5.32 Å². The Kier molecular flexibility index (Phi) is 3.73. The summed E-state index contributed by atoms with van der Waals surface area (Å²) in [5, 5.41) is 10.7. The molecule has 2 fully saturated rings. The minimum absolute atomic E-state index is 0.135. The van der Waals surface area contributed by atoms with Crippen LogP contribution < -0.4 is 5.32 Å². The lowest BCUT2D eigenvalue weighted by molar-refractivity contribution is -0.172. The molecule has 0 spiro atoms. The Balaban J connectivity index is 1.97. The Hall–Kier alpha value is -1.27. The normalized spacial score (nSPS) is 29.0. The first-order valence-corrected chi connectivity index (χ1v) is 6.40.